The smallest absolute Gasteiger partial charge is 0.329 e. The molecule has 4 rings (SSSR count). The predicted octanol–water partition coefficient (Wildman–Crippen LogP) is 4.44. The summed E-state index contributed by atoms with van der Waals surface area (Å²) in [5.41, 5.74) is 1.29. The Morgan fingerprint density at radius 2 is 1.83 bits per heavy atom. The number of carbonyl (C=O) groups excluding carboxylic acids is 2. The number of aliphatic hydroxyl groups is 1. The number of amides is 1. The molecule has 42 heavy (non-hydrogen) atoms. The number of aliphatic hydroxyl groups excluding tert-OH is 1. The van der Waals surface area contributed by atoms with Crippen molar-refractivity contribution in [2.45, 2.75) is 89.7 Å². The molecule has 0 aliphatic carbocycles. The van der Waals surface area contributed by atoms with Gasteiger partial charge in [0, 0.05) is 44.1 Å². The summed E-state index contributed by atoms with van der Waals surface area (Å²) >= 11 is 0. The Morgan fingerprint density at radius 1 is 1.12 bits per heavy atom. The van der Waals surface area contributed by atoms with Crippen LogP contribution in [0.25, 0.3) is 0 Å². The Morgan fingerprint density at radius 3 is 2.48 bits per heavy atom. The molecular formula is C33H44F2N2O5. The zero-order valence-electron chi connectivity index (χ0n) is 24.8. The molecule has 2 heterocycles. The molecule has 2 aliphatic heterocycles. The molecule has 0 bridgehead atoms. The van der Waals surface area contributed by atoms with Gasteiger partial charge in [0.05, 0.1) is 6.10 Å². The Kier molecular flexibility index (Phi) is 11.5. The second kappa shape index (κ2) is 15.0. The van der Waals surface area contributed by atoms with Crippen molar-refractivity contribution in [3.63, 3.8) is 0 Å². The number of nitrogens with zero attached hydrogens (tertiary/aromatic N) is 1. The minimum atomic E-state index is -1.16. The van der Waals surface area contributed by atoms with E-state index in [-0.39, 0.29) is 35.8 Å². The first-order valence-corrected chi connectivity index (χ1v) is 15.2. The van der Waals surface area contributed by atoms with Crippen LogP contribution in [0.3, 0.4) is 0 Å². The molecule has 7 nitrogen and oxygen atoms in total. The summed E-state index contributed by atoms with van der Waals surface area (Å²) in [5.74, 6) is -2.23. The lowest BCUT2D eigenvalue weighted by Crippen LogP contribution is -2.50. The van der Waals surface area contributed by atoms with E-state index in [4.69, 9.17) is 9.47 Å². The van der Waals surface area contributed by atoms with E-state index in [1.54, 1.807) is 4.90 Å². The first kappa shape index (κ1) is 32.0. The number of nitrogens with one attached hydrogen (secondary N) is 1. The van der Waals surface area contributed by atoms with Crippen molar-refractivity contribution < 1.29 is 33.0 Å². The molecule has 2 unspecified atom stereocenters. The molecule has 0 radical (unpaired) electrons. The van der Waals surface area contributed by atoms with Crippen LogP contribution in [0.2, 0.25) is 0 Å². The SMILES string of the molecule is CCCO[C@H]1CN[C@@H]([C@@H](O)[C@H](Cc2cc(F)cc(F)c2)OC(=O)C(CCc2ccccc2)N2CCC(C(C)C)C2=O)C1. The molecule has 9 heteroatoms. The fourth-order valence-corrected chi connectivity index (χ4v) is 6.09. The first-order chi connectivity index (χ1) is 20.2. The van der Waals surface area contributed by atoms with Crippen molar-refractivity contribution in [1.82, 2.24) is 10.2 Å². The second-order valence-electron chi connectivity index (χ2n) is 11.9. The van der Waals surface area contributed by atoms with Crippen LogP contribution in [-0.4, -0.2) is 72.0 Å². The maximum absolute atomic E-state index is 14.1. The highest BCUT2D eigenvalue weighted by Gasteiger charge is 2.42. The summed E-state index contributed by atoms with van der Waals surface area (Å²) in [6.45, 7) is 7.60. The highest BCUT2D eigenvalue weighted by atomic mass is 19.1. The zero-order valence-corrected chi connectivity index (χ0v) is 24.8. The third-order valence-corrected chi connectivity index (χ3v) is 8.39. The maximum Gasteiger partial charge on any atom is 0.329 e. The van der Waals surface area contributed by atoms with Crippen LogP contribution in [-0.2, 0) is 31.9 Å². The summed E-state index contributed by atoms with van der Waals surface area (Å²) < 4.78 is 40.0. The van der Waals surface area contributed by atoms with Gasteiger partial charge in [-0.15, -0.1) is 0 Å². The van der Waals surface area contributed by atoms with Gasteiger partial charge in [0.25, 0.3) is 0 Å². The van der Waals surface area contributed by atoms with Crippen LogP contribution in [0.15, 0.2) is 48.5 Å². The van der Waals surface area contributed by atoms with Gasteiger partial charge in [-0.3, -0.25) is 4.79 Å². The van der Waals surface area contributed by atoms with E-state index in [1.807, 2.05) is 51.1 Å². The summed E-state index contributed by atoms with van der Waals surface area (Å²) in [6.07, 6.45) is 0.491. The number of hydrogen-bond donors (Lipinski definition) is 2. The molecule has 0 saturated carbocycles. The Balaban J connectivity index is 1.56. The number of carbonyl (C=O) groups is 2. The average Bonchev–Trinajstić information content (AvgIpc) is 3.58. The van der Waals surface area contributed by atoms with Crippen molar-refractivity contribution in [2.24, 2.45) is 11.8 Å². The molecule has 2 aliphatic rings. The molecule has 2 aromatic rings. The van der Waals surface area contributed by atoms with Gasteiger partial charge < -0.3 is 24.8 Å². The number of rotatable bonds is 14. The van der Waals surface area contributed by atoms with Gasteiger partial charge in [0.1, 0.15) is 29.9 Å². The Bertz CT molecular complexity index is 1160. The van der Waals surface area contributed by atoms with Crippen molar-refractivity contribution in [2.75, 3.05) is 19.7 Å². The molecule has 1 amide bonds. The molecule has 230 valence electrons. The topological polar surface area (TPSA) is 88.1 Å². The molecule has 0 spiro atoms. The number of aryl methyl sites for hydroxylation is 1. The number of halogens is 2. The quantitative estimate of drug-likeness (QED) is 0.318. The minimum Gasteiger partial charge on any atom is -0.458 e. The zero-order chi connectivity index (χ0) is 30.2. The second-order valence-corrected chi connectivity index (χ2v) is 11.9. The van der Waals surface area contributed by atoms with E-state index in [0.29, 0.717) is 45.4 Å². The first-order valence-electron chi connectivity index (χ1n) is 15.2. The molecular weight excluding hydrogens is 542 g/mol. The van der Waals surface area contributed by atoms with Crippen LogP contribution in [0.5, 0.6) is 0 Å². The fourth-order valence-electron chi connectivity index (χ4n) is 6.09. The normalized spacial score (nSPS) is 22.9. The van der Waals surface area contributed by atoms with Crippen molar-refractivity contribution in [3.8, 4) is 0 Å². The summed E-state index contributed by atoms with van der Waals surface area (Å²) in [7, 11) is 0. The van der Waals surface area contributed by atoms with E-state index in [9.17, 15) is 23.5 Å². The molecule has 2 N–H and O–H groups in total. The minimum absolute atomic E-state index is 0.0716. The van der Waals surface area contributed by atoms with Crippen molar-refractivity contribution in [1.29, 1.82) is 0 Å². The number of ether oxygens (including phenoxy) is 2. The van der Waals surface area contributed by atoms with E-state index in [2.05, 4.69) is 5.32 Å². The molecule has 2 saturated heterocycles. The van der Waals surface area contributed by atoms with Gasteiger partial charge in [-0.25, -0.2) is 13.6 Å². The Hall–Kier alpha value is -2.88. The highest BCUT2D eigenvalue weighted by molar-refractivity contribution is 5.87. The van der Waals surface area contributed by atoms with Gasteiger partial charge in [-0.05, 0) is 61.3 Å². The van der Waals surface area contributed by atoms with Crippen LogP contribution in [0.1, 0.15) is 57.6 Å². The van der Waals surface area contributed by atoms with Crippen molar-refractivity contribution >= 4 is 11.9 Å². The van der Waals surface area contributed by atoms with Gasteiger partial charge in [-0.1, -0.05) is 51.1 Å². The lowest BCUT2D eigenvalue weighted by Gasteiger charge is -2.32. The van der Waals surface area contributed by atoms with E-state index >= 15 is 0 Å². The van der Waals surface area contributed by atoms with Crippen LogP contribution >= 0.6 is 0 Å². The molecule has 2 fully saturated rings. The number of hydrogen-bond acceptors (Lipinski definition) is 6. The van der Waals surface area contributed by atoms with Gasteiger partial charge in [0.2, 0.25) is 5.91 Å². The van der Waals surface area contributed by atoms with Gasteiger partial charge in [0.15, 0.2) is 0 Å². The molecule has 6 atom stereocenters. The fraction of sp³-hybridized carbons (Fsp3) is 0.576. The van der Waals surface area contributed by atoms with Crippen LogP contribution < -0.4 is 5.32 Å². The number of benzene rings is 2. The lowest BCUT2D eigenvalue weighted by molar-refractivity contribution is -0.165. The van der Waals surface area contributed by atoms with E-state index < -0.39 is 41.9 Å². The number of likely N-dealkylation sites (tertiary alicyclic amines) is 1. The van der Waals surface area contributed by atoms with Crippen molar-refractivity contribution in [3.05, 3.63) is 71.3 Å². The highest BCUT2D eigenvalue weighted by Crippen LogP contribution is 2.29. The largest absolute Gasteiger partial charge is 0.458 e. The van der Waals surface area contributed by atoms with E-state index in [0.717, 1.165) is 18.1 Å². The van der Waals surface area contributed by atoms with Gasteiger partial charge in [-0.2, -0.15) is 0 Å². The van der Waals surface area contributed by atoms with Crippen LogP contribution in [0.4, 0.5) is 8.78 Å². The lowest BCUT2D eigenvalue weighted by atomic mass is 9.94. The summed E-state index contributed by atoms with van der Waals surface area (Å²) in [4.78, 5) is 28.9. The molecule has 2 aromatic carbocycles. The predicted molar refractivity (Wildman–Crippen MR) is 156 cm³/mol. The third kappa shape index (κ3) is 8.36. The third-order valence-electron chi connectivity index (χ3n) is 8.39. The Labute approximate surface area is 247 Å². The summed E-state index contributed by atoms with van der Waals surface area (Å²) in [5, 5.41) is 14.7. The standard InChI is InChI=1S/C33H44F2N2O5/c1-4-14-41-26-19-28(36-20-26)31(38)30(17-23-15-24(34)18-25(35)16-23)42-33(40)29(11-10-22-8-6-5-7-9-22)37-13-12-27(21(2)3)32(37)39/h5-9,15-16,18,21,26-31,36,38H,4,10-14,17,19-20H2,1-3H3/t26-,27?,28-,29?,30+,31-/m1/s1. The van der Waals surface area contributed by atoms with Crippen LogP contribution in [0, 0.1) is 23.5 Å². The monoisotopic (exact) mass is 586 g/mol. The molecule has 0 aromatic heterocycles. The van der Waals surface area contributed by atoms with E-state index in [1.165, 1.54) is 12.1 Å². The maximum atomic E-state index is 14.1. The van der Waals surface area contributed by atoms with Gasteiger partial charge >= 0.3 is 5.97 Å². The number of esters is 1. The summed E-state index contributed by atoms with van der Waals surface area (Å²) in [6, 6.07) is 11.6. The average molecular weight is 587 g/mol.